The third kappa shape index (κ3) is 31.0. The molecule has 7 heteroatoms. The standard InChI is InChI=1S/C10H21NO.C10H18O3.C3H8.CH2O.ClH/c1-8(2)6-10(9(3)12)7-11(4)5;1-5-13-10(12)9(8(4)11)6-7(2)3;1-3-2;1-2;/h8,10H,6-7H2,1-5H3;7,9H,5-6H2,1-4H3;3H2,1-2H3;1H2;1H. The lowest BCUT2D eigenvalue weighted by atomic mass is 9.93. The van der Waals surface area contributed by atoms with Gasteiger partial charge in [0.25, 0.3) is 0 Å². The molecule has 6 nitrogen and oxygen atoms in total. The van der Waals surface area contributed by atoms with Crippen LogP contribution in [-0.4, -0.2) is 56.5 Å². The second-order valence-electron chi connectivity index (χ2n) is 8.45. The van der Waals surface area contributed by atoms with Crippen molar-refractivity contribution in [3.63, 3.8) is 0 Å². The number of ether oxygens (including phenoxy) is 1. The summed E-state index contributed by atoms with van der Waals surface area (Å²) in [5.74, 6) is 0.422. The van der Waals surface area contributed by atoms with Gasteiger partial charge in [0.05, 0.1) is 6.61 Å². The maximum Gasteiger partial charge on any atom is 0.316 e. The van der Waals surface area contributed by atoms with Crippen molar-refractivity contribution in [2.75, 3.05) is 27.2 Å². The molecule has 0 fully saturated rings. The van der Waals surface area contributed by atoms with Crippen molar-refractivity contribution >= 4 is 36.7 Å². The van der Waals surface area contributed by atoms with Crippen molar-refractivity contribution < 1.29 is 23.9 Å². The van der Waals surface area contributed by atoms with E-state index in [9.17, 15) is 14.4 Å². The topological polar surface area (TPSA) is 80.8 Å². The fraction of sp³-hybridized carbons (Fsp3) is 0.833. The van der Waals surface area contributed by atoms with Gasteiger partial charge in [-0.3, -0.25) is 14.4 Å². The highest BCUT2D eigenvalue weighted by Gasteiger charge is 2.25. The molecule has 0 spiro atoms. The fourth-order valence-electron chi connectivity index (χ4n) is 2.52. The molecule has 0 radical (unpaired) electrons. The minimum Gasteiger partial charge on any atom is -0.465 e. The van der Waals surface area contributed by atoms with Gasteiger partial charge in [0.15, 0.2) is 0 Å². The molecule has 2 unspecified atom stereocenters. The second-order valence-corrected chi connectivity index (χ2v) is 8.45. The van der Waals surface area contributed by atoms with E-state index in [2.05, 4.69) is 32.6 Å². The van der Waals surface area contributed by atoms with Gasteiger partial charge in [0, 0.05) is 12.5 Å². The van der Waals surface area contributed by atoms with Gasteiger partial charge in [-0.2, -0.15) is 0 Å². The molecule has 0 aromatic rings. The lowest BCUT2D eigenvalue weighted by molar-refractivity contribution is -0.151. The molecular weight excluding hydrogens is 418 g/mol. The van der Waals surface area contributed by atoms with E-state index in [1.54, 1.807) is 13.8 Å². The zero-order chi connectivity index (χ0) is 24.9. The van der Waals surface area contributed by atoms with Gasteiger partial charge in [0.2, 0.25) is 0 Å². The van der Waals surface area contributed by atoms with Crippen LogP contribution in [0.3, 0.4) is 0 Å². The quantitative estimate of drug-likeness (QED) is 0.322. The average Bonchev–Trinajstić information content (AvgIpc) is 2.61. The highest BCUT2D eigenvalue weighted by molar-refractivity contribution is 5.97. The molecular formula is C24H50ClNO5. The number of hydrogen-bond acceptors (Lipinski definition) is 6. The summed E-state index contributed by atoms with van der Waals surface area (Å²) < 4.78 is 4.81. The molecule has 0 aliphatic carbocycles. The molecule has 0 aromatic carbocycles. The Morgan fingerprint density at radius 1 is 0.839 bits per heavy atom. The maximum atomic E-state index is 11.3. The van der Waals surface area contributed by atoms with Crippen LogP contribution in [0.15, 0.2) is 0 Å². The molecule has 0 aromatic heterocycles. The van der Waals surface area contributed by atoms with Crippen LogP contribution in [0.2, 0.25) is 0 Å². The predicted octanol–water partition coefficient (Wildman–Crippen LogP) is 5.25. The largest absolute Gasteiger partial charge is 0.465 e. The first-order valence-electron chi connectivity index (χ1n) is 10.9. The minimum absolute atomic E-state index is 0. The Bertz CT molecular complexity index is 430. The van der Waals surface area contributed by atoms with Crippen LogP contribution in [0.1, 0.15) is 81.6 Å². The molecule has 31 heavy (non-hydrogen) atoms. The highest BCUT2D eigenvalue weighted by Crippen LogP contribution is 2.14. The van der Waals surface area contributed by atoms with Gasteiger partial charge in [-0.05, 0) is 59.5 Å². The Morgan fingerprint density at radius 2 is 1.23 bits per heavy atom. The fourth-order valence-corrected chi connectivity index (χ4v) is 2.52. The van der Waals surface area contributed by atoms with Crippen LogP contribution in [-0.2, 0) is 23.9 Å². The van der Waals surface area contributed by atoms with E-state index in [0.717, 1.165) is 13.0 Å². The second kappa shape index (κ2) is 26.8. The van der Waals surface area contributed by atoms with Gasteiger partial charge in [-0.1, -0.05) is 48.0 Å². The van der Waals surface area contributed by atoms with E-state index in [1.807, 2.05) is 34.7 Å². The Kier molecular flexibility index (Phi) is 34.6. The Labute approximate surface area is 198 Å². The van der Waals surface area contributed by atoms with Crippen LogP contribution in [0.5, 0.6) is 0 Å². The van der Waals surface area contributed by atoms with E-state index in [4.69, 9.17) is 9.53 Å². The van der Waals surface area contributed by atoms with Gasteiger partial charge >= 0.3 is 5.97 Å². The molecule has 0 heterocycles. The average molecular weight is 468 g/mol. The van der Waals surface area contributed by atoms with Gasteiger partial charge in [0.1, 0.15) is 24.3 Å². The first kappa shape index (κ1) is 40.1. The molecule has 0 saturated carbocycles. The lowest BCUT2D eigenvalue weighted by Gasteiger charge is -2.19. The normalized spacial score (nSPS) is 11.4. The highest BCUT2D eigenvalue weighted by atomic mass is 35.5. The van der Waals surface area contributed by atoms with E-state index < -0.39 is 5.92 Å². The number of esters is 1. The number of carbonyl (C=O) groups excluding carboxylic acids is 4. The summed E-state index contributed by atoms with van der Waals surface area (Å²) in [7, 11) is 4.02. The number of Topliss-reactive ketones (excluding diaryl/α,β-unsaturated/α-hetero) is 2. The van der Waals surface area contributed by atoms with Crippen molar-refractivity contribution in [3.8, 4) is 0 Å². The van der Waals surface area contributed by atoms with Gasteiger partial charge in [-0.15, -0.1) is 12.4 Å². The van der Waals surface area contributed by atoms with Gasteiger partial charge < -0.3 is 14.4 Å². The van der Waals surface area contributed by atoms with Crippen molar-refractivity contribution in [1.29, 1.82) is 0 Å². The molecule has 0 N–H and O–H groups in total. The number of halogens is 1. The zero-order valence-corrected chi connectivity index (χ0v) is 22.8. The Hall–Kier alpha value is -1.27. The molecule has 188 valence electrons. The monoisotopic (exact) mass is 467 g/mol. The third-order valence-corrected chi connectivity index (χ3v) is 3.69. The van der Waals surface area contributed by atoms with Crippen LogP contribution >= 0.6 is 12.4 Å². The summed E-state index contributed by atoms with van der Waals surface area (Å²) in [6, 6.07) is 0. The minimum atomic E-state index is -0.569. The molecule has 2 atom stereocenters. The summed E-state index contributed by atoms with van der Waals surface area (Å²) in [4.78, 5) is 43.6. The zero-order valence-electron chi connectivity index (χ0n) is 21.9. The summed E-state index contributed by atoms with van der Waals surface area (Å²) in [5.41, 5.74) is 0. The lowest BCUT2D eigenvalue weighted by Crippen LogP contribution is -2.27. The summed E-state index contributed by atoms with van der Waals surface area (Å²) >= 11 is 0. The maximum absolute atomic E-state index is 11.3. The Balaban J connectivity index is -0.000000117. The van der Waals surface area contributed by atoms with E-state index in [0.29, 0.717) is 30.6 Å². The van der Waals surface area contributed by atoms with E-state index in [-0.39, 0.29) is 30.1 Å². The smallest absolute Gasteiger partial charge is 0.316 e. The molecule has 0 saturated heterocycles. The van der Waals surface area contributed by atoms with E-state index in [1.165, 1.54) is 13.3 Å². The van der Waals surface area contributed by atoms with Crippen LogP contribution in [0.4, 0.5) is 0 Å². The number of ketones is 2. The van der Waals surface area contributed by atoms with Gasteiger partial charge in [-0.25, -0.2) is 0 Å². The summed E-state index contributed by atoms with van der Waals surface area (Å²) in [6.07, 6.45) is 2.84. The van der Waals surface area contributed by atoms with E-state index >= 15 is 0 Å². The number of nitrogens with zero attached hydrogens (tertiary/aromatic N) is 1. The number of carbonyl (C=O) groups is 4. The van der Waals surface area contributed by atoms with Crippen molar-refractivity contribution in [1.82, 2.24) is 4.90 Å². The number of rotatable bonds is 10. The molecule has 0 amide bonds. The predicted molar refractivity (Wildman–Crippen MR) is 133 cm³/mol. The summed E-state index contributed by atoms with van der Waals surface area (Å²) in [5, 5.41) is 0. The van der Waals surface area contributed by atoms with Crippen LogP contribution in [0, 0.1) is 23.7 Å². The van der Waals surface area contributed by atoms with Crippen molar-refractivity contribution in [2.45, 2.75) is 81.6 Å². The Morgan fingerprint density at radius 3 is 1.45 bits per heavy atom. The summed E-state index contributed by atoms with van der Waals surface area (Å²) in [6.45, 7) is 20.6. The molecule has 0 rings (SSSR count). The van der Waals surface area contributed by atoms with Crippen LogP contribution in [0.25, 0.3) is 0 Å². The molecule has 0 aliphatic heterocycles. The molecule has 0 aliphatic rings. The SMILES string of the molecule is C=O.CC(=O)C(CC(C)C)CN(C)C.CCC.CCOC(=O)C(CC(C)C)C(C)=O.Cl. The molecule has 0 bridgehead atoms. The van der Waals surface area contributed by atoms with Crippen molar-refractivity contribution in [2.24, 2.45) is 23.7 Å². The third-order valence-electron chi connectivity index (χ3n) is 3.69. The van der Waals surface area contributed by atoms with Crippen LogP contribution < -0.4 is 0 Å². The first-order valence-corrected chi connectivity index (χ1v) is 10.9. The number of hydrogen-bond donors (Lipinski definition) is 0. The first-order chi connectivity index (χ1) is 13.8. The van der Waals surface area contributed by atoms with Crippen molar-refractivity contribution in [3.05, 3.63) is 0 Å².